The highest BCUT2D eigenvalue weighted by Crippen LogP contribution is 2.23. The smallest absolute Gasteiger partial charge is 0.339 e. The first-order chi connectivity index (χ1) is 15.3. The quantitative estimate of drug-likeness (QED) is 0.190. The van der Waals surface area contributed by atoms with Gasteiger partial charge in [0.2, 0.25) is 0 Å². The van der Waals surface area contributed by atoms with Gasteiger partial charge in [-0.25, -0.2) is 9.59 Å². The van der Waals surface area contributed by atoms with Crippen LogP contribution in [0.5, 0.6) is 0 Å². The summed E-state index contributed by atoms with van der Waals surface area (Å²) in [6.07, 6.45) is 14.9. The van der Waals surface area contributed by atoms with E-state index in [2.05, 4.69) is 6.92 Å². The lowest BCUT2D eigenvalue weighted by molar-refractivity contribution is 0.00437. The second-order valence-corrected chi connectivity index (χ2v) is 9.98. The number of rotatable bonds is 16. The third kappa shape index (κ3) is 11.7. The molecule has 1 unspecified atom stereocenters. The molecule has 0 bridgehead atoms. The predicted octanol–water partition coefficient (Wildman–Crippen LogP) is 8.14. The average Bonchev–Trinajstić information content (AvgIpc) is 2.76. The maximum absolute atomic E-state index is 12.6. The molecule has 0 aliphatic heterocycles. The van der Waals surface area contributed by atoms with Gasteiger partial charge in [0.15, 0.2) is 0 Å². The predicted molar refractivity (Wildman–Crippen MR) is 132 cm³/mol. The van der Waals surface area contributed by atoms with Gasteiger partial charge in [0.05, 0.1) is 17.7 Å². The molecule has 0 N–H and O–H groups in total. The summed E-state index contributed by atoms with van der Waals surface area (Å²) in [4.78, 5) is 25.1. The Morgan fingerprint density at radius 1 is 0.750 bits per heavy atom. The molecule has 1 aromatic carbocycles. The van der Waals surface area contributed by atoms with Crippen LogP contribution in [0.25, 0.3) is 0 Å². The van der Waals surface area contributed by atoms with Gasteiger partial charge in [-0.2, -0.15) is 0 Å². The van der Waals surface area contributed by atoms with Crippen molar-refractivity contribution in [3.05, 3.63) is 35.4 Å². The van der Waals surface area contributed by atoms with Crippen LogP contribution in [-0.4, -0.2) is 24.6 Å². The minimum absolute atomic E-state index is 0.167. The lowest BCUT2D eigenvalue weighted by atomic mass is 9.90. The number of hydrogen-bond donors (Lipinski definition) is 0. The average molecular weight is 447 g/mol. The van der Waals surface area contributed by atoms with Gasteiger partial charge < -0.3 is 9.47 Å². The Morgan fingerprint density at radius 2 is 1.19 bits per heavy atom. The Kier molecular flexibility index (Phi) is 14.0. The van der Waals surface area contributed by atoms with Gasteiger partial charge in [0, 0.05) is 0 Å². The molecule has 0 aromatic heterocycles. The number of carbonyl (C=O) groups is 2. The molecule has 0 amide bonds. The molecule has 1 atom stereocenters. The van der Waals surface area contributed by atoms with Crippen LogP contribution in [0.3, 0.4) is 0 Å². The summed E-state index contributed by atoms with van der Waals surface area (Å²) >= 11 is 0. The van der Waals surface area contributed by atoms with Crippen LogP contribution < -0.4 is 0 Å². The van der Waals surface area contributed by atoms with E-state index < -0.39 is 11.9 Å². The molecule has 4 heteroatoms. The Morgan fingerprint density at radius 3 is 1.66 bits per heavy atom. The Balaban J connectivity index is 2.25. The second kappa shape index (κ2) is 15.9. The monoisotopic (exact) mass is 446 g/mol. The number of hydrogen-bond acceptors (Lipinski definition) is 4. The third-order valence-electron chi connectivity index (χ3n) is 6.10. The number of benzene rings is 1. The summed E-state index contributed by atoms with van der Waals surface area (Å²) in [6, 6.07) is 6.73. The summed E-state index contributed by atoms with van der Waals surface area (Å²) in [5.41, 5.74) is 0.376. The summed E-state index contributed by atoms with van der Waals surface area (Å²) in [5.74, 6) is -0.936. The Bertz CT molecular complexity index is 660. The Labute approximate surface area is 196 Å². The number of carbonyl (C=O) groups excluding carboxylic acids is 2. The summed E-state index contributed by atoms with van der Waals surface area (Å²) in [5, 5.41) is 0. The topological polar surface area (TPSA) is 52.6 Å². The van der Waals surface area contributed by atoms with E-state index in [0.717, 1.165) is 12.8 Å². The molecule has 0 spiro atoms. The minimum atomic E-state index is -0.481. The second-order valence-electron chi connectivity index (χ2n) is 9.98. The molecular formula is C28H46O4. The molecule has 182 valence electrons. The van der Waals surface area contributed by atoms with E-state index in [9.17, 15) is 9.59 Å². The molecule has 0 aliphatic rings. The number of esters is 2. The van der Waals surface area contributed by atoms with Crippen LogP contribution in [0.15, 0.2) is 24.3 Å². The highest BCUT2D eigenvalue weighted by molar-refractivity contribution is 6.03. The first-order valence-electron chi connectivity index (χ1n) is 12.7. The maximum Gasteiger partial charge on any atom is 0.339 e. The van der Waals surface area contributed by atoms with Crippen molar-refractivity contribution in [3.8, 4) is 0 Å². The van der Waals surface area contributed by atoms with E-state index in [-0.39, 0.29) is 22.6 Å². The fourth-order valence-electron chi connectivity index (χ4n) is 3.43. The van der Waals surface area contributed by atoms with Crippen LogP contribution in [0.2, 0.25) is 0 Å². The first kappa shape index (κ1) is 28.2. The summed E-state index contributed by atoms with van der Waals surface area (Å²) in [6.45, 7) is 10.6. The van der Waals surface area contributed by atoms with Crippen molar-refractivity contribution in [1.82, 2.24) is 0 Å². The largest absolute Gasteiger partial charge is 0.462 e. The molecule has 1 rings (SSSR count). The van der Waals surface area contributed by atoms with Crippen molar-refractivity contribution in [1.29, 1.82) is 0 Å². The van der Waals surface area contributed by atoms with Gasteiger partial charge in [-0.05, 0) is 30.9 Å². The van der Waals surface area contributed by atoms with Gasteiger partial charge in [0.1, 0.15) is 6.10 Å². The molecule has 4 nitrogen and oxygen atoms in total. The molecule has 0 aliphatic carbocycles. The van der Waals surface area contributed by atoms with Crippen LogP contribution in [-0.2, 0) is 9.47 Å². The zero-order valence-corrected chi connectivity index (χ0v) is 21.2. The lowest BCUT2D eigenvalue weighted by Gasteiger charge is -2.27. The van der Waals surface area contributed by atoms with Crippen LogP contribution in [0.4, 0.5) is 0 Å². The van der Waals surface area contributed by atoms with Crippen molar-refractivity contribution >= 4 is 11.9 Å². The molecule has 32 heavy (non-hydrogen) atoms. The van der Waals surface area contributed by atoms with Crippen molar-refractivity contribution < 1.29 is 19.1 Å². The van der Waals surface area contributed by atoms with Crippen molar-refractivity contribution in [3.63, 3.8) is 0 Å². The molecule has 0 fully saturated rings. The van der Waals surface area contributed by atoms with Gasteiger partial charge >= 0.3 is 11.9 Å². The van der Waals surface area contributed by atoms with E-state index in [4.69, 9.17) is 9.47 Å². The van der Waals surface area contributed by atoms with Crippen LogP contribution >= 0.6 is 0 Å². The molecular weight excluding hydrogens is 400 g/mol. The van der Waals surface area contributed by atoms with E-state index in [1.54, 1.807) is 24.3 Å². The van der Waals surface area contributed by atoms with Crippen LogP contribution in [0.1, 0.15) is 132 Å². The summed E-state index contributed by atoms with van der Waals surface area (Å²) < 4.78 is 11.0. The number of ether oxygens (including phenoxy) is 2. The van der Waals surface area contributed by atoms with Crippen molar-refractivity contribution in [2.45, 2.75) is 118 Å². The molecule has 0 radical (unpaired) electrons. The van der Waals surface area contributed by atoms with Gasteiger partial charge in [-0.15, -0.1) is 0 Å². The zero-order chi connectivity index (χ0) is 23.8. The fraction of sp³-hybridized carbons (Fsp3) is 0.714. The zero-order valence-electron chi connectivity index (χ0n) is 21.2. The lowest BCUT2D eigenvalue weighted by Crippen LogP contribution is -2.29. The fourth-order valence-corrected chi connectivity index (χ4v) is 3.43. The number of unbranched alkanes of at least 4 members (excludes halogenated alkanes) is 11. The van der Waals surface area contributed by atoms with Gasteiger partial charge in [-0.3, -0.25) is 0 Å². The standard InChI is InChI=1S/C28H46O4/c1-6-7-8-9-10-11-12-13-14-15-16-19-22-31-26(29)24-20-17-18-21-25(24)27(30)32-23(2)28(3,4)5/h17-18,20-21,23H,6-16,19,22H2,1-5H3. The van der Waals surface area contributed by atoms with E-state index >= 15 is 0 Å². The minimum Gasteiger partial charge on any atom is -0.462 e. The van der Waals surface area contributed by atoms with Gasteiger partial charge in [-0.1, -0.05) is 110 Å². The molecule has 1 aromatic rings. The van der Waals surface area contributed by atoms with Crippen molar-refractivity contribution in [2.24, 2.45) is 5.41 Å². The molecule has 0 heterocycles. The van der Waals surface area contributed by atoms with E-state index in [0.29, 0.717) is 6.61 Å². The SMILES string of the molecule is CCCCCCCCCCCCCCOC(=O)c1ccccc1C(=O)OC(C)C(C)(C)C. The Hall–Kier alpha value is -1.84. The van der Waals surface area contributed by atoms with Crippen molar-refractivity contribution in [2.75, 3.05) is 6.61 Å². The van der Waals surface area contributed by atoms with Crippen LogP contribution in [0, 0.1) is 5.41 Å². The highest BCUT2D eigenvalue weighted by atomic mass is 16.5. The van der Waals surface area contributed by atoms with E-state index in [1.165, 1.54) is 64.2 Å². The van der Waals surface area contributed by atoms with Gasteiger partial charge in [0.25, 0.3) is 0 Å². The first-order valence-corrected chi connectivity index (χ1v) is 12.7. The van der Waals surface area contributed by atoms with E-state index in [1.807, 2.05) is 27.7 Å². The summed E-state index contributed by atoms with van der Waals surface area (Å²) in [7, 11) is 0. The molecule has 0 saturated carbocycles. The third-order valence-corrected chi connectivity index (χ3v) is 6.10. The normalized spacial score (nSPS) is 12.4. The highest BCUT2D eigenvalue weighted by Gasteiger charge is 2.26. The maximum atomic E-state index is 12.6. The molecule has 0 saturated heterocycles.